The number of ketones is 1. The van der Waals surface area contributed by atoms with Crippen LogP contribution in [0.4, 0.5) is 10.1 Å². The Morgan fingerprint density at radius 1 is 1.03 bits per heavy atom. The number of nitrogens with two attached hydrogens (primary N) is 1. The molecule has 5 nitrogen and oxygen atoms in total. The van der Waals surface area contributed by atoms with Gasteiger partial charge in [0.15, 0.2) is 5.78 Å². The Balaban J connectivity index is 1.61. The molecule has 0 saturated carbocycles. The first-order chi connectivity index (χ1) is 18.3. The van der Waals surface area contributed by atoms with E-state index in [2.05, 4.69) is 12.1 Å². The van der Waals surface area contributed by atoms with Crippen molar-refractivity contribution in [3.05, 3.63) is 117 Å². The summed E-state index contributed by atoms with van der Waals surface area (Å²) in [6, 6.07) is 20.3. The Hall–Kier alpha value is -4.37. The Kier molecular flexibility index (Phi) is 6.77. The number of hydrogen-bond acceptors (Lipinski definition) is 5. The van der Waals surface area contributed by atoms with Crippen LogP contribution in [0.1, 0.15) is 53.0 Å². The van der Waals surface area contributed by atoms with Crippen LogP contribution in [0.5, 0.6) is 5.75 Å². The van der Waals surface area contributed by atoms with Gasteiger partial charge in [-0.3, -0.25) is 9.69 Å². The van der Waals surface area contributed by atoms with Gasteiger partial charge in [-0.25, -0.2) is 4.39 Å². The van der Waals surface area contributed by atoms with Gasteiger partial charge in [0.1, 0.15) is 24.0 Å². The lowest BCUT2D eigenvalue weighted by Gasteiger charge is -2.40. The van der Waals surface area contributed by atoms with Gasteiger partial charge in [0.05, 0.1) is 17.6 Å². The summed E-state index contributed by atoms with van der Waals surface area (Å²) >= 11 is 0. The van der Waals surface area contributed by atoms with Gasteiger partial charge in [0.25, 0.3) is 0 Å². The van der Waals surface area contributed by atoms with Gasteiger partial charge < -0.3 is 10.5 Å². The molecule has 1 aliphatic carbocycles. The molecule has 0 fully saturated rings. The van der Waals surface area contributed by atoms with E-state index in [-0.39, 0.29) is 17.4 Å². The molecule has 2 aliphatic rings. The highest BCUT2D eigenvalue weighted by Crippen LogP contribution is 2.47. The highest BCUT2D eigenvalue weighted by molar-refractivity contribution is 6.01. The third-order valence-electron chi connectivity index (χ3n) is 7.45. The Labute approximate surface area is 222 Å². The first-order valence-corrected chi connectivity index (χ1v) is 12.8. The van der Waals surface area contributed by atoms with Crippen LogP contribution in [-0.2, 0) is 11.4 Å². The molecule has 5 rings (SSSR count). The van der Waals surface area contributed by atoms with Gasteiger partial charge in [0.2, 0.25) is 0 Å². The van der Waals surface area contributed by atoms with Gasteiger partial charge in [0, 0.05) is 23.4 Å². The van der Waals surface area contributed by atoms with Crippen molar-refractivity contribution in [3.63, 3.8) is 0 Å². The molecular weight excluding hydrogens is 477 g/mol. The standard InChI is InChI=1S/C32H30FN3O2/c1-19-7-13-25(14-8-19)38-18-22-16-26(21(3)15-20(22)2)30-27(17-34)32(35)36(24-11-9-23(33)10-12-24)28-5-4-6-29(37)31(28)30/h7-16,30H,4-6,18,35H2,1-3H3. The fraction of sp³-hybridized carbons (Fsp3) is 0.250. The molecule has 0 aromatic heterocycles. The predicted octanol–water partition coefficient (Wildman–Crippen LogP) is 6.63. The van der Waals surface area contributed by atoms with E-state index < -0.39 is 5.92 Å². The normalized spacial score (nSPS) is 17.4. The number of anilines is 1. The summed E-state index contributed by atoms with van der Waals surface area (Å²) in [4.78, 5) is 15.2. The average Bonchev–Trinajstić information content (AvgIpc) is 2.90. The number of ether oxygens (including phenoxy) is 1. The zero-order valence-corrected chi connectivity index (χ0v) is 21.8. The number of carbonyl (C=O) groups is 1. The monoisotopic (exact) mass is 507 g/mol. The summed E-state index contributed by atoms with van der Waals surface area (Å²) < 4.78 is 19.8. The minimum absolute atomic E-state index is 0.0149. The van der Waals surface area contributed by atoms with E-state index >= 15 is 0 Å². The smallest absolute Gasteiger partial charge is 0.161 e. The maximum absolute atomic E-state index is 13.7. The van der Waals surface area contributed by atoms with Gasteiger partial charge in [-0.05, 0) is 92.3 Å². The van der Waals surface area contributed by atoms with Crippen LogP contribution >= 0.6 is 0 Å². The first-order valence-electron chi connectivity index (χ1n) is 12.8. The lowest BCUT2D eigenvalue weighted by Crippen LogP contribution is -2.39. The summed E-state index contributed by atoms with van der Waals surface area (Å²) in [6.07, 6.45) is 1.75. The average molecular weight is 508 g/mol. The molecule has 0 saturated heterocycles. The lowest BCUT2D eigenvalue weighted by molar-refractivity contribution is -0.116. The van der Waals surface area contributed by atoms with Crippen LogP contribution in [0.3, 0.4) is 0 Å². The largest absolute Gasteiger partial charge is 0.489 e. The summed E-state index contributed by atoms with van der Waals surface area (Å²) in [5.74, 6) is 0.129. The van der Waals surface area contributed by atoms with Crippen molar-refractivity contribution < 1.29 is 13.9 Å². The van der Waals surface area contributed by atoms with Crippen LogP contribution in [0, 0.1) is 37.9 Å². The molecule has 0 radical (unpaired) electrons. The molecule has 1 heterocycles. The number of hydrogen-bond donors (Lipinski definition) is 1. The zero-order chi connectivity index (χ0) is 27.0. The second kappa shape index (κ2) is 10.2. The van der Waals surface area contributed by atoms with E-state index in [0.29, 0.717) is 42.7 Å². The number of carbonyl (C=O) groups excluding carboxylic acids is 1. The van der Waals surface area contributed by atoms with Gasteiger partial charge in [-0.1, -0.05) is 29.8 Å². The summed E-state index contributed by atoms with van der Waals surface area (Å²) in [7, 11) is 0. The van der Waals surface area contributed by atoms with Crippen molar-refractivity contribution in [1.82, 2.24) is 0 Å². The summed E-state index contributed by atoms with van der Waals surface area (Å²) in [5, 5.41) is 10.3. The highest BCUT2D eigenvalue weighted by atomic mass is 19.1. The van der Waals surface area contributed by atoms with E-state index in [4.69, 9.17) is 10.5 Å². The van der Waals surface area contributed by atoms with Gasteiger partial charge in [-0.2, -0.15) is 5.26 Å². The minimum atomic E-state index is -0.571. The molecule has 1 unspecified atom stereocenters. The number of Topliss-reactive ketones (excluding diaryl/α,β-unsaturated/α-hetero) is 1. The third kappa shape index (κ3) is 4.56. The summed E-state index contributed by atoms with van der Waals surface area (Å²) in [5.41, 5.74) is 14.1. The number of nitriles is 1. The molecule has 6 heteroatoms. The number of rotatable bonds is 5. The van der Waals surface area contributed by atoms with Crippen molar-refractivity contribution in [3.8, 4) is 11.8 Å². The Morgan fingerprint density at radius 2 is 1.74 bits per heavy atom. The molecule has 192 valence electrons. The number of halogens is 1. The van der Waals surface area contributed by atoms with E-state index in [9.17, 15) is 14.4 Å². The van der Waals surface area contributed by atoms with Crippen LogP contribution in [-0.4, -0.2) is 5.78 Å². The second-order valence-corrected chi connectivity index (χ2v) is 10.0. The third-order valence-corrected chi connectivity index (χ3v) is 7.45. The minimum Gasteiger partial charge on any atom is -0.489 e. The highest BCUT2D eigenvalue weighted by Gasteiger charge is 2.41. The zero-order valence-electron chi connectivity index (χ0n) is 21.8. The van der Waals surface area contributed by atoms with E-state index in [1.54, 1.807) is 17.0 Å². The van der Waals surface area contributed by atoms with Gasteiger partial charge >= 0.3 is 0 Å². The van der Waals surface area contributed by atoms with Crippen LogP contribution in [0.2, 0.25) is 0 Å². The lowest BCUT2D eigenvalue weighted by atomic mass is 9.74. The first kappa shape index (κ1) is 25.3. The molecule has 1 atom stereocenters. The van der Waals surface area contributed by atoms with E-state index in [1.807, 2.05) is 51.1 Å². The van der Waals surface area contributed by atoms with Crippen molar-refractivity contribution in [1.29, 1.82) is 5.26 Å². The van der Waals surface area contributed by atoms with Crippen LogP contribution in [0.25, 0.3) is 0 Å². The molecule has 3 aromatic carbocycles. The maximum atomic E-state index is 13.7. The number of nitrogens with zero attached hydrogens (tertiary/aromatic N) is 2. The second-order valence-electron chi connectivity index (χ2n) is 10.0. The fourth-order valence-electron chi connectivity index (χ4n) is 5.46. The number of aryl methyl sites for hydroxylation is 3. The molecule has 0 spiro atoms. The Morgan fingerprint density at radius 3 is 2.42 bits per heavy atom. The van der Waals surface area contributed by atoms with Gasteiger partial charge in [-0.15, -0.1) is 0 Å². The Bertz CT molecular complexity index is 1510. The number of benzene rings is 3. The van der Waals surface area contributed by atoms with Crippen molar-refractivity contribution in [2.24, 2.45) is 5.73 Å². The maximum Gasteiger partial charge on any atom is 0.161 e. The predicted molar refractivity (Wildman–Crippen MR) is 146 cm³/mol. The van der Waals surface area contributed by atoms with Crippen molar-refractivity contribution in [2.75, 3.05) is 4.90 Å². The molecule has 0 bridgehead atoms. The molecule has 3 aromatic rings. The molecule has 1 aliphatic heterocycles. The quantitative estimate of drug-likeness (QED) is 0.419. The number of allylic oxidation sites excluding steroid dienone is 3. The van der Waals surface area contributed by atoms with Crippen molar-refractivity contribution in [2.45, 2.75) is 52.6 Å². The SMILES string of the molecule is Cc1ccc(OCc2cc(C3C(C#N)=C(N)N(c4ccc(F)cc4)C4=C3C(=O)CCC4)c(C)cc2C)cc1. The molecule has 38 heavy (non-hydrogen) atoms. The van der Waals surface area contributed by atoms with E-state index in [0.717, 1.165) is 39.3 Å². The van der Waals surface area contributed by atoms with Crippen LogP contribution < -0.4 is 15.4 Å². The van der Waals surface area contributed by atoms with Crippen molar-refractivity contribution >= 4 is 11.5 Å². The molecule has 2 N–H and O–H groups in total. The van der Waals surface area contributed by atoms with E-state index in [1.165, 1.54) is 12.1 Å². The molecule has 0 amide bonds. The fourth-order valence-corrected chi connectivity index (χ4v) is 5.46. The van der Waals surface area contributed by atoms with Crippen LogP contribution in [0.15, 0.2) is 83.3 Å². The summed E-state index contributed by atoms with van der Waals surface area (Å²) in [6.45, 7) is 6.42. The molecular formula is C32H30FN3O2. The topological polar surface area (TPSA) is 79.3 Å².